The summed E-state index contributed by atoms with van der Waals surface area (Å²) in [5.74, 6) is 0.875. The number of aryl methyl sites for hydroxylation is 1. The summed E-state index contributed by atoms with van der Waals surface area (Å²) in [5.41, 5.74) is 1.44. The van der Waals surface area contributed by atoms with E-state index in [9.17, 15) is 0 Å². The van der Waals surface area contributed by atoms with Crippen molar-refractivity contribution in [1.29, 1.82) is 5.26 Å². The van der Waals surface area contributed by atoms with Crippen molar-refractivity contribution in [2.75, 3.05) is 0 Å². The molecule has 0 aromatic heterocycles. The minimum absolute atomic E-state index is 0.414. The molecule has 0 fully saturated rings. The van der Waals surface area contributed by atoms with Crippen molar-refractivity contribution in [3.63, 3.8) is 0 Å². The van der Waals surface area contributed by atoms with Gasteiger partial charge < -0.3 is 4.74 Å². The van der Waals surface area contributed by atoms with Crippen LogP contribution in [-0.2, 0) is 0 Å². The lowest BCUT2D eigenvalue weighted by molar-refractivity contribution is 0.481. The lowest BCUT2D eigenvalue weighted by Crippen LogP contribution is -1.90. The highest BCUT2D eigenvalue weighted by atomic mass is 79.9. The smallest absolute Gasteiger partial charge is 0.147 e. The van der Waals surface area contributed by atoms with Gasteiger partial charge in [0, 0.05) is 10.5 Å². The van der Waals surface area contributed by atoms with Crippen molar-refractivity contribution >= 4 is 39.1 Å². The van der Waals surface area contributed by atoms with Crippen molar-refractivity contribution in [1.82, 2.24) is 0 Å². The maximum atomic E-state index is 9.06. The molecule has 0 N–H and O–H groups in total. The van der Waals surface area contributed by atoms with Crippen LogP contribution < -0.4 is 4.74 Å². The summed E-state index contributed by atoms with van der Waals surface area (Å²) >= 11 is 15.4. The second-order valence-electron chi connectivity index (χ2n) is 3.91. The van der Waals surface area contributed by atoms with Gasteiger partial charge in [0.25, 0.3) is 0 Å². The van der Waals surface area contributed by atoms with E-state index in [1.54, 1.807) is 24.3 Å². The highest BCUT2D eigenvalue weighted by Gasteiger charge is 2.10. The summed E-state index contributed by atoms with van der Waals surface area (Å²) in [6.45, 7) is 1.92. The molecule has 0 saturated heterocycles. The molecule has 0 amide bonds. The Morgan fingerprint density at radius 2 is 1.84 bits per heavy atom. The molecule has 96 valence electrons. The van der Waals surface area contributed by atoms with E-state index in [-0.39, 0.29) is 0 Å². The van der Waals surface area contributed by atoms with Gasteiger partial charge in [0.1, 0.15) is 17.6 Å². The van der Waals surface area contributed by atoms with Gasteiger partial charge in [0.2, 0.25) is 0 Å². The van der Waals surface area contributed by atoms with E-state index in [1.165, 1.54) is 0 Å². The van der Waals surface area contributed by atoms with Crippen LogP contribution in [0.15, 0.2) is 34.8 Å². The van der Waals surface area contributed by atoms with Gasteiger partial charge >= 0.3 is 0 Å². The van der Waals surface area contributed by atoms with Crippen molar-refractivity contribution < 1.29 is 4.74 Å². The number of benzene rings is 2. The van der Waals surface area contributed by atoms with Gasteiger partial charge in [-0.2, -0.15) is 5.26 Å². The van der Waals surface area contributed by atoms with E-state index in [1.807, 2.05) is 13.0 Å². The number of hydrogen-bond donors (Lipinski definition) is 0. The zero-order chi connectivity index (χ0) is 14.0. The van der Waals surface area contributed by atoms with Crippen LogP contribution >= 0.6 is 39.1 Å². The molecular formula is C14H8BrCl2NO. The molecule has 0 saturated carbocycles. The molecule has 2 rings (SSSR count). The molecule has 0 aliphatic carbocycles. The van der Waals surface area contributed by atoms with Gasteiger partial charge in [-0.1, -0.05) is 29.3 Å². The molecule has 0 aliphatic rings. The first kappa shape index (κ1) is 14.2. The van der Waals surface area contributed by atoms with Crippen LogP contribution in [0.4, 0.5) is 0 Å². The van der Waals surface area contributed by atoms with Gasteiger partial charge in [-0.05, 0) is 46.6 Å². The van der Waals surface area contributed by atoms with Crippen molar-refractivity contribution in [2.24, 2.45) is 0 Å². The average molecular weight is 357 g/mol. The van der Waals surface area contributed by atoms with Gasteiger partial charge in [-0.15, -0.1) is 0 Å². The molecule has 19 heavy (non-hydrogen) atoms. The fourth-order valence-electron chi connectivity index (χ4n) is 1.51. The fraction of sp³-hybridized carbons (Fsp3) is 0.0714. The second-order valence-corrected chi connectivity index (χ2v) is 5.58. The third kappa shape index (κ3) is 3.22. The Balaban J connectivity index is 2.45. The Hall–Kier alpha value is -1.21. The molecule has 0 radical (unpaired) electrons. The maximum Gasteiger partial charge on any atom is 0.147 e. The minimum atomic E-state index is 0.414. The van der Waals surface area contributed by atoms with Gasteiger partial charge in [-0.3, -0.25) is 0 Å². The standard InChI is InChI=1S/C14H8BrCl2NO/c1-8-2-3-9(7-18)13(4-8)19-14-6-11(16)10(15)5-12(14)17/h2-6H,1H3. The Labute approximate surface area is 129 Å². The van der Waals surface area contributed by atoms with Gasteiger partial charge in [0.15, 0.2) is 0 Å². The summed E-state index contributed by atoms with van der Waals surface area (Å²) in [7, 11) is 0. The normalized spacial score (nSPS) is 10.1. The summed E-state index contributed by atoms with van der Waals surface area (Å²) in [4.78, 5) is 0. The number of ether oxygens (including phenoxy) is 1. The summed E-state index contributed by atoms with van der Waals surface area (Å²) in [6, 6.07) is 10.7. The molecule has 0 heterocycles. The lowest BCUT2D eigenvalue weighted by Gasteiger charge is -2.10. The topological polar surface area (TPSA) is 33.0 Å². The van der Waals surface area contributed by atoms with Crippen LogP contribution in [-0.4, -0.2) is 0 Å². The SMILES string of the molecule is Cc1ccc(C#N)c(Oc2cc(Cl)c(Br)cc2Cl)c1. The number of nitriles is 1. The van der Waals surface area contributed by atoms with Crippen LogP contribution in [0, 0.1) is 18.3 Å². The first-order valence-corrected chi connectivity index (χ1v) is 6.89. The van der Waals surface area contributed by atoms with Crippen LogP contribution in [0.3, 0.4) is 0 Å². The molecule has 0 bridgehead atoms. The first-order valence-electron chi connectivity index (χ1n) is 5.34. The van der Waals surface area contributed by atoms with E-state index in [0.717, 1.165) is 5.56 Å². The largest absolute Gasteiger partial charge is 0.454 e. The van der Waals surface area contributed by atoms with Crippen molar-refractivity contribution in [2.45, 2.75) is 6.92 Å². The summed E-state index contributed by atoms with van der Waals surface area (Å²) in [6.07, 6.45) is 0. The fourth-order valence-corrected chi connectivity index (χ4v) is 2.34. The Morgan fingerprint density at radius 1 is 1.11 bits per heavy atom. The minimum Gasteiger partial charge on any atom is -0.454 e. The third-order valence-corrected chi connectivity index (χ3v) is 3.94. The predicted octanol–water partition coefficient (Wildman–Crippen LogP) is 5.73. The Bertz CT molecular complexity index is 680. The van der Waals surface area contributed by atoms with Crippen molar-refractivity contribution in [3.05, 3.63) is 56.0 Å². The lowest BCUT2D eigenvalue weighted by atomic mass is 10.1. The molecule has 0 atom stereocenters. The zero-order valence-corrected chi connectivity index (χ0v) is 13.0. The van der Waals surface area contributed by atoms with E-state index < -0.39 is 0 Å². The van der Waals surface area contributed by atoms with Crippen LogP contribution in [0.25, 0.3) is 0 Å². The highest BCUT2D eigenvalue weighted by molar-refractivity contribution is 9.10. The van der Waals surface area contributed by atoms with E-state index in [4.69, 9.17) is 33.2 Å². The number of halogens is 3. The molecule has 5 heteroatoms. The summed E-state index contributed by atoms with van der Waals surface area (Å²) in [5, 5.41) is 9.97. The summed E-state index contributed by atoms with van der Waals surface area (Å²) < 4.78 is 6.38. The van der Waals surface area contributed by atoms with Gasteiger partial charge in [-0.25, -0.2) is 0 Å². The van der Waals surface area contributed by atoms with Crippen molar-refractivity contribution in [3.8, 4) is 17.6 Å². The number of rotatable bonds is 2. The predicted molar refractivity (Wildman–Crippen MR) is 80.1 cm³/mol. The maximum absolute atomic E-state index is 9.06. The van der Waals surface area contributed by atoms with E-state index in [0.29, 0.717) is 31.6 Å². The molecule has 0 aliphatic heterocycles. The molecule has 2 nitrogen and oxygen atoms in total. The second kappa shape index (κ2) is 5.83. The number of nitrogens with zero attached hydrogens (tertiary/aromatic N) is 1. The molecular weight excluding hydrogens is 349 g/mol. The molecule has 2 aromatic rings. The van der Waals surface area contributed by atoms with E-state index in [2.05, 4.69) is 22.0 Å². The molecule has 2 aromatic carbocycles. The van der Waals surface area contributed by atoms with Crippen LogP contribution in [0.1, 0.15) is 11.1 Å². The van der Waals surface area contributed by atoms with Crippen LogP contribution in [0.5, 0.6) is 11.5 Å². The zero-order valence-electron chi connectivity index (χ0n) is 9.88. The average Bonchev–Trinajstić information content (AvgIpc) is 2.36. The number of hydrogen-bond acceptors (Lipinski definition) is 2. The first-order chi connectivity index (χ1) is 9.01. The third-order valence-electron chi connectivity index (χ3n) is 2.45. The quantitative estimate of drug-likeness (QED) is 0.644. The van der Waals surface area contributed by atoms with E-state index >= 15 is 0 Å². The Morgan fingerprint density at radius 3 is 2.53 bits per heavy atom. The highest BCUT2D eigenvalue weighted by Crippen LogP contribution is 2.37. The monoisotopic (exact) mass is 355 g/mol. The van der Waals surface area contributed by atoms with Crippen LogP contribution in [0.2, 0.25) is 10.0 Å². The molecule has 0 spiro atoms. The van der Waals surface area contributed by atoms with Gasteiger partial charge in [0.05, 0.1) is 15.6 Å². The Kier molecular flexibility index (Phi) is 4.36. The molecule has 0 unspecified atom stereocenters.